The number of thiol groups is 1. The molecule has 0 aromatic carbocycles. The zero-order chi connectivity index (χ0) is 18.7. The normalized spacial score (nSPS) is 16.0. The molecule has 0 radical (unpaired) electrons. The molecule has 0 aliphatic rings. The first kappa shape index (κ1) is 21.9. The second-order valence-electron chi connectivity index (χ2n) is 7.00. The molecule has 0 bridgehead atoms. The van der Waals surface area contributed by atoms with Crippen LogP contribution >= 0.6 is 32.5 Å². The topological polar surface area (TPSA) is 88.5 Å². The van der Waals surface area contributed by atoms with Gasteiger partial charge < -0.3 is 9.84 Å². The molecule has 0 amide bonds. The molecular weight excluding hydrogens is 463 g/mol. The Hall–Kier alpha value is -0.100. The average Bonchev–Trinajstić information content (AvgIpc) is 2.93. The maximum atomic E-state index is 12.9. The Morgan fingerprint density at radius 2 is 2.08 bits per heavy atom. The largest absolute Gasteiger partial charge is 0.464 e. The van der Waals surface area contributed by atoms with Crippen molar-refractivity contribution in [2.45, 2.75) is 57.9 Å². The summed E-state index contributed by atoms with van der Waals surface area (Å²) in [5.74, 6) is -0.335. The molecular formula is C15H27IN2O4S2. The lowest BCUT2D eigenvalue weighted by Crippen LogP contribution is -2.48. The first-order valence-electron chi connectivity index (χ1n) is 7.68. The Morgan fingerprint density at radius 3 is 2.54 bits per heavy atom. The molecule has 1 aromatic heterocycles. The van der Waals surface area contributed by atoms with Crippen molar-refractivity contribution in [2.24, 2.45) is 5.92 Å². The van der Waals surface area contributed by atoms with Gasteiger partial charge in [-0.2, -0.15) is 0 Å². The molecule has 2 N–H and O–H groups in total. The summed E-state index contributed by atoms with van der Waals surface area (Å²) >= 11 is 3.22. The fraction of sp³-hybridized carbons (Fsp3) is 0.733. The van der Waals surface area contributed by atoms with Crippen molar-refractivity contribution in [1.82, 2.24) is 9.71 Å². The minimum Gasteiger partial charge on any atom is -0.464 e. The van der Waals surface area contributed by atoms with Crippen LogP contribution in [0.2, 0.25) is 0 Å². The predicted octanol–water partition coefficient (Wildman–Crippen LogP) is 3.05. The number of thiazole rings is 1. The summed E-state index contributed by atoms with van der Waals surface area (Å²) in [4.78, 5) is 15.6. The van der Waals surface area contributed by atoms with Crippen LogP contribution in [0.25, 0.3) is 0 Å². The number of nitrogens with one attached hydrogen (secondary N) is 1. The van der Waals surface area contributed by atoms with Gasteiger partial charge in [0.1, 0.15) is 11.1 Å². The third-order valence-electron chi connectivity index (χ3n) is 3.68. The van der Waals surface area contributed by atoms with Crippen LogP contribution < -0.4 is 4.72 Å². The third kappa shape index (κ3) is 5.72. The molecule has 6 nitrogen and oxygen atoms in total. The van der Waals surface area contributed by atoms with Crippen LogP contribution in [0, 0.1) is 5.92 Å². The Morgan fingerprint density at radius 1 is 1.50 bits per heavy atom. The van der Waals surface area contributed by atoms with E-state index in [4.69, 9.17) is 0 Å². The highest BCUT2D eigenvalue weighted by atomic mass is 127. The second-order valence-corrected chi connectivity index (χ2v) is 14.6. The third-order valence-corrected chi connectivity index (χ3v) is 12.2. The highest BCUT2D eigenvalue weighted by Gasteiger charge is 2.32. The van der Waals surface area contributed by atoms with E-state index in [9.17, 15) is 14.1 Å². The minimum absolute atomic E-state index is 0.132. The second kappa shape index (κ2) is 8.52. The van der Waals surface area contributed by atoms with E-state index in [1.807, 2.05) is 55.8 Å². The minimum atomic E-state index is -2.63. The lowest BCUT2D eigenvalue weighted by Gasteiger charge is -2.37. The van der Waals surface area contributed by atoms with E-state index < -0.39 is 19.4 Å². The van der Waals surface area contributed by atoms with E-state index in [0.29, 0.717) is 11.4 Å². The van der Waals surface area contributed by atoms with Crippen molar-refractivity contribution in [3.8, 4) is 0 Å². The number of methoxy groups -OCH3 is 1. The van der Waals surface area contributed by atoms with Crippen molar-refractivity contribution >= 4 is 45.8 Å². The zero-order valence-electron chi connectivity index (χ0n) is 14.9. The molecule has 9 heteroatoms. The highest BCUT2D eigenvalue weighted by Crippen LogP contribution is 2.32. The Bertz CT molecular complexity index is 613. The van der Waals surface area contributed by atoms with Crippen molar-refractivity contribution in [3.05, 3.63) is 16.1 Å². The van der Waals surface area contributed by atoms with Gasteiger partial charge in [0, 0.05) is 37.4 Å². The summed E-state index contributed by atoms with van der Waals surface area (Å²) < 4.78 is 20.4. The van der Waals surface area contributed by atoms with Gasteiger partial charge >= 0.3 is 5.97 Å². The predicted molar refractivity (Wildman–Crippen MR) is 108 cm³/mol. The number of hydrogen-bond acceptors (Lipinski definition) is 6. The van der Waals surface area contributed by atoms with Gasteiger partial charge in [0.05, 0.1) is 7.11 Å². The number of rotatable bonds is 7. The van der Waals surface area contributed by atoms with Crippen LogP contribution in [0.15, 0.2) is 5.38 Å². The average molecular weight is 490 g/mol. The summed E-state index contributed by atoms with van der Waals surface area (Å²) in [5, 5.41) is 12.5. The van der Waals surface area contributed by atoms with E-state index in [1.165, 1.54) is 18.4 Å². The molecule has 0 fully saturated rings. The summed E-state index contributed by atoms with van der Waals surface area (Å²) in [6.07, 6.45) is -0.459. The van der Waals surface area contributed by atoms with Crippen LogP contribution in [0.1, 0.15) is 62.6 Å². The maximum Gasteiger partial charge on any atom is 0.357 e. The monoisotopic (exact) mass is 490 g/mol. The number of carbonyl (C=O) groups excluding carboxylic acids is 1. The number of esters is 1. The fourth-order valence-corrected chi connectivity index (χ4v) is 4.94. The number of ether oxygens (including phenoxy) is 1. The summed E-state index contributed by atoms with van der Waals surface area (Å²) in [5.41, 5.74) is 0.194. The van der Waals surface area contributed by atoms with E-state index >= 15 is 0 Å². The SMILES string of the molecule is COC(=O)c1csc([C@H](O)C[C@@H](N[SH](=O)(I)C(C)(C)C)C(C)C)n1. The molecule has 0 unspecified atom stereocenters. The van der Waals surface area contributed by atoms with E-state index in [2.05, 4.69) is 14.4 Å². The molecule has 0 aliphatic heterocycles. The molecule has 24 heavy (non-hydrogen) atoms. The van der Waals surface area contributed by atoms with Crippen LogP contribution in [-0.4, -0.2) is 38.2 Å². The molecule has 0 aliphatic carbocycles. The molecule has 1 aromatic rings. The van der Waals surface area contributed by atoms with Crippen molar-refractivity contribution < 1.29 is 18.8 Å². The van der Waals surface area contributed by atoms with Gasteiger partial charge in [-0.05, 0) is 40.4 Å². The van der Waals surface area contributed by atoms with Gasteiger partial charge in [0.2, 0.25) is 0 Å². The lowest BCUT2D eigenvalue weighted by molar-refractivity contribution is 0.0594. The quantitative estimate of drug-likeness (QED) is 0.237. The van der Waals surface area contributed by atoms with Crippen LogP contribution in [0.4, 0.5) is 0 Å². The van der Waals surface area contributed by atoms with Crippen molar-refractivity contribution in [3.63, 3.8) is 0 Å². The smallest absolute Gasteiger partial charge is 0.357 e. The van der Waals surface area contributed by atoms with Crippen LogP contribution in [0.3, 0.4) is 0 Å². The van der Waals surface area contributed by atoms with Gasteiger partial charge in [0.15, 0.2) is 5.69 Å². The number of halogens is 1. The van der Waals surface area contributed by atoms with Crippen LogP contribution in [0.5, 0.6) is 0 Å². The number of carbonyl (C=O) groups is 1. The molecule has 140 valence electrons. The van der Waals surface area contributed by atoms with Crippen molar-refractivity contribution in [1.29, 1.82) is 0 Å². The standard InChI is InChI=1S/C15H27IN2O4S2/c1-9(2)10(18-24(16,21)15(3,4)5)7-12(19)13-17-11(8-23-13)14(20)22-6/h8-10,12,19,24H,7H2,1-6H3,(H,18,21)/t10-,12-/m1/s1. The summed E-state index contributed by atoms with van der Waals surface area (Å²) in [6.45, 7) is 9.84. The van der Waals surface area contributed by atoms with Gasteiger partial charge in [-0.1, -0.05) is 13.8 Å². The van der Waals surface area contributed by atoms with E-state index in [1.54, 1.807) is 5.38 Å². The molecule has 0 spiro atoms. The van der Waals surface area contributed by atoms with E-state index in [-0.39, 0.29) is 22.4 Å². The number of aliphatic hydroxyl groups is 1. The number of nitrogens with zero attached hydrogens (tertiary/aromatic N) is 1. The van der Waals surface area contributed by atoms with Crippen LogP contribution in [-0.2, 0) is 12.0 Å². The zero-order valence-corrected chi connectivity index (χ0v) is 18.7. The molecule has 0 saturated carbocycles. The Balaban J connectivity index is 2.87. The fourth-order valence-electron chi connectivity index (χ4n) is 1.86. The van der Waals surface area contributed by atoms with Gasteiger partial charge in [-0.3, -0.25) is 4.21 Å². The molecule has 1 heterocycles. The first-order valence-corrected chi connectivity index (χ1v) is 13.1. The number of aliphatic hydroxyl groups excluding tert-OH is 1. The highest BCUT2D eigenvalue weighted by molar-refractivity contribution is 14.2. The van der Waals surface area contributed by atoms with Crippen molar-refractivity contribution in [2.75, 3.05) is 7.11 Å². The lowest BCUT2D eigenvalue weighted by atomic mass is 9.99. The first-order chi connectivity index (χ1) is 10.9. The molecule has 0 saturated heterocycles. The van der Waals surface area contributed by atoms with E-state index in [0.717, 1.165) is 0 Å². The number of aromatic nitrogens is 1. The summed E-state index contributed by atoms with van der Waals surface area (Å²) in [6, 6.07) is -0.132. The Labute approximate surface area is 160 Å². The number of hydrogen-bond donors (Lipinski definition) is 3. The van der Waals surface area contributed by atoms with Gasteiger partial charge in [0.25, 0.3) is 0 Å². The summed E-state index contributed by atoms with van der Waals surface area (Å²) in [7, 11) is -1.34. The maximum absolute atomic E-state index is 12.9. The Kier molecular flexibility index (Phi) is 7.79. The molecule has 1 rings (SSSR count). The van der Waals surface area contributed by atoms with Gasteiger partial charge in [-0.15, -0.1) is 11.3 Å². The molecule has 2 atom stereocenters. The van der Waals surface area contributed by atoms with Gasteiger partial charge in [-0.25, -0.2) is 14.5 Å².